The van der Waals surface area contributed by atoms with Crippen LogP contribution in [0, 0.1) is 5.82 Å². The van der Waals surface area contributed by atoms with E-state index in [-0.39, 0.29) is 11.3 Å². The number of piperazine rings is 1. The largest absolute Gasteiger partial charge is 0.368 e. The third kappa shape index (κ3) is 2.65. The summed E-state index contributed by atoms with van der Waals surface area (Å²) >= 11 is 0. The lowest BCUT2D eigenvalue weighted by Crippen LogP contribution is -2.57. The normalized spacial score (nSPS) is 19.2. The molecule has 0 bridgehead atoms. The fraction of sp³-hybridized carbons (Fsp3) is 0.333. The molecule has 1 heterocycles. The first kappa shape index (κ1) is 13.3. The summed E-state index contributed by atoms with van der Waals surface area (Å²) in [5.74, 6) is -1.81. The van der Waals surface area contributed by atoms with Crippen LogP contribution in [0.2, 0.25) is 0 Å². The van der Waals surface area contributed by atoms with Crippen LogP contribution in [-0.4, -0.2) is 37.5 Å². The van der Waals surface area contributed by atoms with Crippen LogP contribution in [0.1, 0.15) is 10.4 Å². The van der Waals surface area contributed by atoms with Gasteiger partial charge in [0, 0.05) is 25.2 Å². The Labute approximate surface area is 109 Å². The Balaban J connectivity index is 2.34. The number of anilines is 1. The topological polar surface area (TPSA) is 101 Å². The van der Waals surface area contributed by atoms with Crippen molar-refractivity contribution < 1.29 is 14.0 Å². The average molecular weight is 266 g/mol. The zero-order chi connectivity index (χ0) is 14.0. The third-order valence-electron chi connectivity index (χ3n) is 3.11. The minimum absolute atomic E-state index is 0.0898. The molecule has 19 heavy (non-hydrogen) atoms. The van der Waals surface area contributed by atoms with Crippen LogP contribution in [0.4, 0.5) is 10.1 Å². The number of nitrogens with zero attached hydrogens (tertiary/aromatic N) is 1. The summed E-state index contributed by atoms with van der Waals surface area (Å²) in [6, 6.07) is 3.33. The van der Waals surface area contributed by atoms with Gasteiger partial charge in [-0.1, -0.05) is 0 Å². The number of hydrogen-bond donors (Lipinski definition) is 3. The van der Waals surface area contributed by atoms with Gasteiger partial charge in [0.1, 0.15) is 11.9 Å². The summed E-state index contributed by atoms with van der Waals surface area (Å²) in [5.41, 5.74) is 10.7. The van der Waals surface area contributed by atoms with Crippen LogP contribution in [-0.2, 0) is 4.79 Å². The van der Waals surface area contributed by atoms with E-state index in [0.717, 1.165) is 6.07 Å². The number of halogens is 1. The predicted octanol–water partition coefficient (Wildman–Crippen LogP) is -0.812. The molecule has 1 unspecified atom stereocenters. The van der Waals surface area contributed by atoms with E-state index in [1.165, 1.54) is 12.1 Å². The molecule has 1 aromatic carbocycles. The Bertz CT molecular complexity index is 520. The standard InChI is InChI=1S/C12H15FN4O2/c13-8-5-7(11(14)18)1-2-9(8)17-4-3-16-6-10(17)12(15)19/h1-2,5,10,16H,3-4,6H2,(H2,14,18)(H2,15,19). The maximum absolute atomic E-state index is 14.0. The molecule has 0 radical (unpaired) electrons. The minimum Gasteiger partial charge on any atom is -0.368 e. The molecule has 2 rings (SSSR count). The van der Waals surface area contributed by atoms with Gasteiger partial charge in [-0.3, -0.25) is 9.59 Å². The highest BCUT2D eigenvalue weighted by atomic mass is 19.1. The quantitative estimate of drug-likeness (QED) is 0.665. The third-order valence-corrected chi connectivity index (χ3v) is 3.11. The molecule has 0 saturated carbocycles. The number of benzene rings is 1. The van der Waals surface area contributed by atoms with Crippen LogP contribution in [0.15, 0.2) is 18.2 Å². The van der Waals surface area contributed by atoms with Gasteiger partial charge in [-0.2, -0.15) is 0 Å². The van der Waals surface area contributed by atoms with Crippen molar-refractivity contribution in [3.63, 3.8) is 0 Å². The lowest BCUT2D eigenvalue weighted by atomic mass is 10.1. The summed E-state index contributed by atoms with van der Waals surface area (Å²) in [6.45, 7) is 1.45. The second kappa shape index (κ2) is 5.23. The summed E-state index contributed by atoms with van der Waals surface area (Å²) in [6.07, 6.45) is 0. The zero-order valence-electron chi connectivity index (χ0n) is 10.2. The van der Waals surface area contributed by atoms with Gasteiger partial charge in [0.15, 0.2) is 0 Å². The fourth-order valence-corrected chi connectivity index (χ4v) is 2.14. The van der Waals surface area contributed by atoms with Crippen molar-refractivity contribution in [2.45, 2.75) is 6.04 Å². The Morgan fingerprint density at radius 2 is 2.11 bits per heavy atom. The Morgan fingerprint density at radius 1 is 1.37 bits per heavy atom. The summed E-state index contributed by atoms with van der Waals surface area (Å²) < 4.78 is 14.0. The van der Waals surface area contributed by atoms with Gasteiger partial charge in [0.25, 0.3) is 0 Å². The fourth-order valence-electron chi connectivity index (χ4n) is 2.14. The average Bonchev–Trinajstić information content (AvgIpc) is 2.38. The molecule has 0 aromatic heterocycles. The molecule has 1 aliphatic heterocycles. The maximum atomic E-state index is 14.0. The van der Waals surface area contributed by atoms with Crippen LogP contribution >= 0.6 is 0 Å². The number of hydrogen-bond acceptors (Lipinski definition) is 4. The summed E-state index contributed by atoms with van der Waals surface area (Å²) in [7, 11) is 0. The number of nitrogens with one attached hydrogen (secondary N) is 1. The molecule has 0 aliphatic carbocycles. The number of amides is 2. The highest BCUT2D eigenvalue weighted by Crippen LogP contribution is 2.23. The van der Waals surface area contributed by atoms with Crippen LogP contribution in [0.5, 0.6) is 0 Å². The highest BCUT2D eigenvalue weighted by molar-refractivity contribution is 5.93. The Hall–Kier alpha value is -2.15. The monoisotopic (exact) mass is 266 g/mol. The molecule has 102 valence electrons. The first-order valence-electron chi connectivity index (χ1n) is 5.86. The highest BCUT2D eigenvalue weighted by Gasteiger charge is 2.28. The molecule has 7 heteroatoms. The molecular weight excluding hydrogens is 251 g/mol. The van der Waals surface area contributed by atoms with E-state index >= 15 is 0 Å². The van der Waals surface area contributed by atoms with E-state index in [9.17, 15) is 14.0 Å². The lowest BCUT2D eigenvalue weighted by molar-refractivity contribution is -0.119. The van der Waals surface area contributed by atoms with Crippen LogP contribution in [0.3, 0.4) is 0 Å². The molecule has 2 amide bonds. The van der Waals surface area contributed by atoms with E-state index in [1.54, 1.807) is 4.90 Å². The van der Waals surface area contributed by atoms with Crippen molar-refractivity contribution >= 4 is 17.5 Å². The maximum Gasteiger partial charge on any atom is 0.248 e. The summed E-state index contributed by atoms with van der Waals surface area (Å²) in [5, 5.41) is 3.03. The molecule has 1 fully saturated rings. The molecule has 6 nitrogen and oxygen atoms in total. The van der Waals surface area contributed by atoms with Crippen LogP contribution < -0.4 is 21.7 Å². The predicted molar refractivity (Wildman–Crippen MR) is 68.1 cm³/mol. The van der Waals surface area contributed by atoms with Crippen molar-refractivity contribution in [2.75, 3.05) is 24.5 Å². The SMILES string of the molecule is NC(=O)c1ccc(N2CCNCC2C(N)=O)c(F)c1. The van der Waals surface area contributed by atoms with Crippen molar-refractivity contribution in [1.29, 1.82) is 0 Å². The van der Waals surface area contributed by atoms with E-state index in [1.807, 2.05) is 0 Å². The molecule has 1 aromatic rings. The Morgan fingerprint density at radius 3 is 2.68 bits per heavy atom. The molecular formula is C12H15FN4O2. The van der Waals surface area contributed by atoms with E-state index in [0.29, 0.717) is 19.6 Å². The van der Waals surface area contributed by atoms with Gasteiger partial charge in [0.05, 0.1) is 5.69 Å². The van der Waals surface area contributed by atoms with Gasteiger partial charge in [-0.05, 0) is 18.2 Å². The Kier molecular flexibility index (Phi) is 3.66. The molecule has 0 spiro atoms. The minimum atomic E-state index is -0.697. The van der Waals surface area contributed by atoms with Gasteiger partial charge >= 0.3 is 0 Å². The first-order chi connectivity index (χ1) is 9.00. The second-order valence-corrected chi connectivity index (χ2v) is 4.35. The number of nitrogens with two attached hydrogens (primary N) is 2. The van der Waals surface area contributed by atoms with Gasteiger partial charge in [-0.25, -0.2) is 4.39 Å². The number of primary amides is 2. The van der Waals surface area contributed by atoms with Crippen molar-refractivity contribution in [3.05, 3.63) is 29.6 Å². The number of carbonyl (C=O) groups excluding carboxylic acids is 2. The van der Waals surface area contributed by atoms with Crippen molar-refractivity contribution in [2.24, 2.45) is 11.5 Å². The first-order valence-corrected chi connectivity index (χ1v) is 5.86. The molecule has 1 atom stereocenters. The smallest absolute Gasteiger partial charge is 0.248 e. The van der Waals surface area contributed by atoms with Gasteiger partial charge in [-0.15, -0.1) is 0 Å². The molecule has 1 saturated heterocycles. The van der Waals surface area contributed by atoms with Crippen LogP contribution in [0.25, 0.3) is 0 Å². The lowest BCUT2D eigenvalue weighted by Gasteiger charge is -2.36. The van der Waals surface area contributed by atoms with Gasteiger partial charge in [0.2, 0.25) is 11.8 Å². The second-order valence-electron chi connectivity index (χ2n) is 4.35. The van der Waals surface area contributed by atoms with E-state index in [2.05, 4.69) is 5.32 Å². The van der Waals surface area contributed by atoms with Crippen molar-refractivity contribution in [3.8, 4) is 0 Å². The zero-order valence-corrected chi connectivity index (χ0v) is 10.2. The summed E-state index contributed by atoms with van der Waals surface area (Å²) in [4.78, 5) is 23.9. The number of carbonyl (C=O) groups is 2. The molecule has 5 N–H and O–H groups in total. The van der Waals surface area contributed by atoms with E-state index < -0.39 is 23.7 Å². The number of rotatable bonds is 3. The van der Waals surface area contributed by atoms with E-state index in [4.69, 9.17) is 11.5 Å². The van der Waals surface area contributed by atoms with Gasteiger partial charge < -0.3 is 21.7 Å². The van der Waals surface area contributed by atoms with Crippen molar-refractivity contribution in [1.82, 2.24) is 5.32 Å². The molecule has 1 aliphatic rings.